The van der Waals surface area contributed by atoms with Crippen LogP contribution < -0.4 is 10.6 Å². The van der Waals surface area contributed by atoms with Gasteiger partial charge in [0.15, 0.2) is 5.96 Å². The summed E-state index contributed by atoms with van der Waals surface area (Å²) in [7, 11) is 1.73. The SMILES string of the molecule is CCC1CCCCN1CCNC(=NC)NCC1CCN(CC(F)(F)F)C1.I. The number of hydrogen-bond donors (Lipinski definition) is 2. The fraction of sp³-hybridized carbons (Fsp3) is 0.944. The third-order valence-corrected chi connectivity index (χ3v) is 5.47. The van der Waals surface area contributed by atoms with Crippen LogP contribution in [0.1, 0.15) is 39.0 Å². The maximum atomic E-state index is 12.5. The summed E-state index contributed by atoms with van der Waals surface area (Å²) in [6.07, 6.45) is 1.79. The molecule has 2 N–H and O–H groups in total. The minimum atomic E-state index is -4.11. The first-order chi connectivity index (χ1) is 12.4. The highest BCUT2D eigenvalue weighted by Crippen LogP contribution is 2.22. The van der Waals surface area contributed by atoms with Crippen LogP contribution in [0.4, 0.5) is 13.2 Å². The number of guanidine groups is 1. The van der Waals surface area contributed by atoms with Crippen molar-refractivity contribution in [3.8, 4) is 0 Å². The smallest absolute Gasteiger partial charge is 0.356 e. The maximum absolute atomic E-state index is 12.5. The number of hydrogen-bond acceptors (Lipinski definition) is 3. The van der Waals surface area contributed by atoms with E-state index in [0.717, 1.165) is 25.5 Å². The summed E-state index contributed by atoms with van der Waals surface area (Å²) in [5, 5.41) is 6.61. The van der Waals surface area contributed by atoms with Crippen molar-refractivity contribution in [1.29, 1.82) is 0 Å². The van der Waals surface area contributed by atoms with Gasteiger partial charge in [-0.05, 0) is 44.7 Å². The first-order valence-corrected chi connectivity index (χ1v) is 9.89. The molecule has 0 amide bonds. The highest BCUT2D eigenvalue weighted by molar-refractivity contribution is 14.0. The third kappa shape index (κ3) is 9.17. The van der Waals surface area contributed by atoms with E-state index in [1.54, 1.807) is 7.05 Å². The molecule has 2 rings (SSSR count). The van der Waals surface area contributed by atoms with Gasteiger partial charge in [0.2, 0.25) is 0 Å². The van der Waals surface area contributed by atoms with Crippen LogP contribution in [-0.2, 0) is 0 Å². The van der Waals surface area contributed by atoms with Crippen molar-refractivity contribution in [2.24, 2.45) is 10.9 Å². The van der Waals surface area contributed by atoms with Gasteiger partial charge in [-0.3, -0.25) is 14.8 Å². The number of likely N-dealkylation sites (tertiary alicyclic amines) is 2. The van der Waals surface area contributed by atoms with Crippen LogP contribution >= 0.6 is 24.0 Å². The van der Waals surface area contributed by atoms with Crippen molar-refractivity contribution in [3.05, 3.63) is 0 Å². The highest BCUT2D eigenvalue weighted by Gasteiger charge is 2.34. The summed E-state index contributed by atoms with van der Waals surface area (Å²) in [6, 6.07) is 0.693. The summed E-state index contributed by atoms with van der Waals surface area (Å²) in [5.74, 6) is 0.979. The molecular formula is C18H35F3IN5. The van der Waals surface area contributed by atoms with E-state index in [-0.39, 0.29) is 29.9 Å². The number of alkyl halides is 3. The van der Waals surface area contributed by atoms with Crippen LogP contribution in [0.15, 0.2) is 4.99 Å². The molecule has 2 unspecified atom stereocenters. The molecule has 0 bridgehead atoms. The van der Waals surface area contributed by atoms with E-state index in [1.807, 2.05) is 0 Å². The van der Waals surface area contributed by atoms with Gasteiger partial charge in [0.25, 0.3) is 0 Å². The Hall–Kier alpha value is -0.290. The van der Waals surface area contributed by atoms with Gasteiger partial charge in [-0.2, -0.15) is 13.2 Å². The van der Waals surface area contributed by atoms with E-state index in [0.29, 0.717) is 25.7 Å². The molecule has 0 aliphatic carbocycles. The lowest BCUT2D eigenvalue weighted by Crippen LogP contribution is -2.46. The second kappa shape index (κ2) is 12.3. The highest BCUT2D eigenvalue weighted by atomic mass is 127. The summed E-state index contributed by atoms with van der Waals surface area (Å²) in [4.78, 5) is 8.27. The molecule has 2 atom stereocenters. The third-order valence-electron chi connectivity index (χ3n) is 5.47. The zero-order valence-corrected chi connectivity index (χ0v) is 18.9. The molecule has 160 valence electrons. The topological polar surface area (TPSA) is 42.9 Å². The summed E-state index contributed by atoms with van der Waals surface area (Å²) >= 11 is 0. The quantitative estimate of drug-likeness (QED) is 0.318. The van der Waals surface area contributed by atoms with Crippen molar-refractivity contribution in [2.45, 2.75) is 51.2 Å². The Morgan fingerprint density at radius 2 is 1.93 bits per heavy atom. The monoisotopic (exact) mass is 505 g/mol. The molecule has 0 spiro atoms. The van der Waals surface area contributed by atoms with Crippen molar-refractivity contribution in [3.63, 3.8) is 0 Å². The lowest BCUT2D eigenvalue weighted by atomic mass is 10.0. The van der Waals surface area contributed by atoms with Gasteiger partial charge in [-0.15, -0.1) is 24.0 Å². The molecule has 2 aliphatic heterocycles. The molecule has 0 radical (unpaired) electrons. The summed E-state index contributed by atoms with van der Waals surface area (Å²) in [6.45, 7) is 6.13. The van der Waals surface area contributed by atoms with Gasteiger partial charge in [0.05, 0.1) is 6.54 Å². The molecule has 27 heavy (non-hydrogen) atoms. The number of halogens is 4. The van der Waals surface area contributed by atoms with Gasteiger partial charge in [-0.1, -0.05) is 13.3 Å². The van der Waals surface area contributed by atoms with E-state index in [4.69, 9.17) is 0 Å². The number of aliphatic imine (C=N–C) groups is 1. The average Bonchev–Trinajstić information content (AvgIpc) is 3.03. The van der Waals surface area contributed by atoms with Gasteiger partial charge < -0.3 is 10.6 Å². The van der Waals surface area contributed by atoms with Crippen molar-refractivity contribution >= 4 is 29.9 Å². The van der Waals surface area contributed by atoms with Crippen LogP contribution in [0.25, 0.3) is 0 Å². The van der Waals surface area contributed by atoms with Crippen LogP contribution in [0.3, 0.4) is 0 Å². The van der Waals surface area contributed by atoms with Crippen molar-refractivity contribution in [2.75, 3.05) is 52.9 Å². The Morgan fingerprint density at radius 3 is 2.59 bits per heavy atom. The van der Waals surface area contributed by atoms with E-state index in [1.165, 1.54) is 37.1 Å². The number of piperidine rings is 1. The molecule has 0 aromatic carbocycles. The Labute approximate surface area is 178 Å². The van der Waals surface area contributed by atoms with Crippen LogP contribution in [0, 0.1) is 5.92 Å². The van der Waals surface area contributed by atoms with Crippen LogP contribution in [0.2, 0.25) is 0 Å². The fourth-order valence-corrected chi connectivity index (χ4v) is 4.07. The van der Waals surface area contributed by atoms with E-state index >= 15 is 0 Å². The van der Waals surface area contributed by atoms with E-state index in [9.17, 15) is 13.2 Å². The molecule has 9 heteroatoms. The van der Waals surface area contributed by atoms with Crippen LogP contribution in [0.5, 0.6) is 0 Å². The lowest BCUT2D eigenvalue weighted by molar-refractivity contribution is -0.143. The Balaban J connectivity index is 0.00000364. The zero-order chi connectivity index (χ0) is 19.0. The second-order valence-electron chi connectivity index (χ2n) is 7.48. The number of rotatable bonds is 7. The molecule has 0 saturated carbocycles. The zero-order valence-electron chi connectivity index (χ0n) is 16.5. The normalized spacial score (nSPS) is 25.3. The van der Waals surface area contributed by atoms with E-state index in [2.05, 4.69) is 27.4 Å². The Morgan fingerprint density at radius 1 is 1.15 bits per heavy atom. The van der Waals surface area contributed by atoms with Crippen molar-refractivity contribution in [1.82, 2.24) is 20.4 Å². The largest absolute Gasteiger partial charge is 0.401 e. The molecule has 2 fully saturated rings. The predicted molar refractivity (Wildman–Crippen MR) is 115 cm³/mol. The van der Waals surface area contributed by atoms with Crippen LogP contribution in [-0.4, -0.2) is 80.8 Å². The molecule has 5 nitrogen and oxygen atoms in total. The Bertz CT molecular complexity index is 447. The standard InChI is InChI=1S/C18H34F3N5.HI/c1-3-16-6-4-5-9-26(16)11-8-23-17(22-2)24-12-15-7-10-25(13-15)14-18(19,20)21;/h15-16H,3-14H2,1-2H3,(H2,22,23,24);1H. The molecule has 0 aromatic rings. The number of nitrogens with one attached hydrogen (secondary N) is 2. The average molecular weight is 505 g/mol. The molecular weight excluding hydrogens is 470 g/mol. The second-order valence-corrected chi connectivity index (χ2v) is 7.48. The molecule has 2 aliphatic rings. The maximum Gasteiger partial charge on any atom is 0.401 e. The fourth-order valence-electron chi connectivity index (χ4n) is 4.07. The first kappa shape index (κ1) is 24.7. The van der Waals surface area contributed by atoms with Crippen molar-refractivity contribution < 1.29 is 13.2 Å². The number of nitrogens with zero attached hydrogens (tertiary/aromatic N) is 3. The van der Waals surface area contributed by atoms with Gasteiger partial charge >= 0.3 is 6.18 Å². The lowest BCUT2D eigenvalue weighted by Gasteiger charge is -2.35. The van der Waals surface area contributed by atoms with E-state index < -0.39 is 12.7 Å². The summed E-state index contributed by atoms with van der Waals surface area (Å²) < 4.78 is 37.4. The van der Waals surface area contributed by atoms with Gasteiger partial charge in [0, 0.05) is 39.3 Å². The summed E-state index contributed by atoms with van der Waals surface area (Å²) in [5.41, 5.74) is 0. The Kier molecular flexibility index (Phi) is 11.3. The minimum Gasteiger partial charge on any atom is -0.356 e. The first-order valence-electron chi connectivity index (χ1n) is 9.89. The molecule has 2 heterocycles. The molecule has 0 aromatic heterocycles. The van der Waals surface area contributed by atoms with Gasteiger partial charge in [-0.25, -0.2) is 0 Å². The predicted octanol–water partition coefficient (Wildman–Crippen LogP) is 2.92. The van der Waals surface area contributed by atoms with Gasteiger partial charge in [0.1, 0.15) is 0 Å². The minimum absolute atomic E-state index is 0. The molecule has 2 saturated heterocycles.